The molecule has 41 heavy (non-hydrogen) atoms. The highest BCUT2D eigenvalue weighted by atomic mass is 79.9. The van der Waals surface area contributed by atoms with E-state index in [0.717, 1.165) is 75.8 Å². The maximum absolute atomic E-state index is 13.6. The van der Waals surface area contributed by atoms with Crippen molar-refractivity contribution in [1.82, 2.24) is 14.7 Å². The van der Waals surface area contributed by atoms with E-state index in [2.05, 4.69) is 85.2 Å². The molecule has 6 rings (SSSR count). The minimum absolute atomic E-state index is 0. The molecule has 3 heterocycles. The number of halogens is 2. The maximum atomic E-state index is 13.6. The molecule has 5 nitrogen and oxygen atoms in total. The molecule has 0 aromatic heterocycles. The van der Waals surface area contributed by atoms with Crippen molar-refractivity contribution in [3.63, 3.8) is 0 Å². The minimum atomic E-state index is -0.179. The Hall–Kier alpha value is -1.89. The fourth-order valence-corrected chi connectivity index (χ4v) is 8.18. The Kier molecular flexibility index (Phi) is 10.1. The molecular formula is C34H45BrClN3O2. The molecule has 4 aliphatic rings. The number of amides is 2. The van der Waals surface area contributed by atoms with Crippen molar-refractivity contribution in [1.29, 1.82) is 0 Å². The monoisotopic (exact) mass is 641 g/mol. The first-order valence-corrected chi connectivity index (χ1v) is 16.4. The predicted molar refractivity (Wildman–Crippen MR) is 170 cm³/mol. The molecule has 3 aliphatic heterocycles. The molecule has 0 N–H and O–H groups in total. The highest BCUT2D eigenvalue weighted by Crippen LogP contribution is 2.43. The Morgan fingerprint density at radius 1 is 0.854 bits per heavy atom. The third-order valence-electron chi connectivity index (χ3n) is 10.4. The number of hydrogen-bond acceptors (Lipinski definition) is 3. The first-order chi connectivity index (χ1) is 19.5. The number of rotatable bonds is 6. The summed E-state index contributed by atoms with van der Waals surface area (Å²) in [7, 11) is 0. The minimum Gasteiger partial charge on any atom is -0.341 e. The van der Waals surface area contributed by atoms with Crippen LogP contribution in [0.2, 0.25) is 0 Å². The highest BCUT2D eigenvalue weighted by molar-refractivity contribution is 9.10. The average molecular weight is 643 g/mol. The van der Waals surface area contributed by atoms with Crippen molar-refractivity contribution in [2.45, 2.75) is 70.3 Å². The zero-order valence-electron chi connectivity index (χ0n) is 24.2. The van der Waals surface area contributed by atoms with Crippen molar-refractivity contribution in [3.05, 3.63) is 70.2 Å². The molecule has 0 radical (unpaired) electrons. The van der Waals surface area contributed by atoms with Gasteiger partial charge in [-0.25, -0.2) is 0 Å². The third kappa shape index (κ3) is 6.86. The molecule has 222 valence electrons. The van der Waals surface area contributed by atoms with E-state index >= 15 is 0 Å². The number of piperidine rings is 1. The van der Waals surface area contributed by atoms with Crippen LogP contribution in [0.1, 0.15) is 74.8 Å². The summed E-state index contributed by atoms with van der Waals surface area (Å²) in [6.07, 6.45) is 9.98. The number of likely N-dealkylation sites (tertiary alicyclic amines) is 3. The summed E-state index contributed by atoms with van der Waals surface area (Å²) in [4.78, 5) is 34.1. The molecule has 4 fully saturated rings. The van der Waals surface area contributed by atoms with Crippen LogP contribution in [0.25, 0.3) is 0 Å². The lowest BCUT2D eigenvalue weighted by Gasteiger charge is -2.39. The van der Waals surface area contributed by atoms with Crippen LogP contribution < -0.4 is 0 Å². The van der Waals surface area contributed by atoms with Crippen LogP contribution in [0.15, 0.2) is 59.1 Å². The third-order valence-corrected chi connectivity index (χ3v) is 10.9. The van der Waals surface area contributed by atoms with Gasteiger partial charge in [0.25, 0.3) is 0 Å². The lowest BCUT2D eigenvalue weighted by molar-refractivity contribution is -0.139. The SMILES string of the molecule is Cl.O=C(C1CCCCCC1)N1CC(CN2CCC3(CC2)CCN(Cc2ccc(Br)cc2)C3=O)C(c2ccccc2)C1. The van der Waals surface area contributed by atoms with Crippen LogP contribution in [0.3, 0.4) is 0 Å². The van der Waals surface area contributed by atoms with Crippen LogP contribution in [-0.2, 0) is 16.1 Å². The molecule has 1 saturated carbocycles. The van der Waals surface area contributed by atoms with Crippen molar-refractivity contribution in [2.75, 3.05) is 39.3 Å². The molecule has 7 heteroatoms. The number of benzene rings is 2. The van der Waals surface area contributed by atoms with E-state index in [1.807, 2.05) is 0 Å². The number of carbonyl (C=O) groups excluding carboxylic acids is 2. The second-order valence-corrected chi connectivity index (χ2v) is 13.8. The highest BCUT2D eigenvalue weighted by Gasteiger charge is 2.48. The van der Waals surface area contributed by atoms with E-state index < -0.39 is 0 Å². The number of carbonyl (C=O) groups is 2. The topological polar surface area (TPSA) is 43.9 Å². The molecule has 1 spiro atoms. The fraction of sp³-hybridized carbons (Fsp3) is 0.588. The van der Waals surface area contributed by atoms with Gasteiger partial charge in [-0.3, -0.25) is 9.59 Å². The standard InChI is InChI=1S/C34H44BrN3O2.ClH/c35-30-14-12-26(13-15-30)22-37-21-18-34(33(37)40)16-19-36(20-17-34)23-29-24-38(25-31(29)27-8-6-3-7-9-27)32(39)28-10-4-1-2-5-11-28;/h3,6-9,12-15,28-29,31H,1-2,4-5,10-11,16-25H2;1H. The van der Waals surface area contributed by atoms with E-state index in [1.165, 1.54) is 36.8 Å². The van der Waals surface area contributed by atoms with Crippen LogP contribution in [0.5, 0.6) is 0 Å². The van der Waals surface area contributed by atoms with Gasteiger partial charge in [-0.15, -0.1) is 12.4 Å². The Morgan fingerprint density at radius 3 is 2.20 bits per heavy atom. The molecule has 3 saturated heterocycles. The van der Waals surface area contributed by atoms with Gasteiger partial charge in [-0.2, -0.15) is 0 Å². The van der Waals surface area contributed by atoms with Gasteiger partial charge < -0.3 is 14.7 Å². The van der Waals surface area contributed by atoms with Crippen LogP contribution in [0, 0.1) is 17.3 Å². The lowest BCUT2D eigenvalue weighted by atomic mass is 9.76. The van der Waals surface area contributed by atoms with Gasteiger partial charge in [-0.05, 0) is 74.4 Å². The van der Waals surface area contributed by atoms with Gasteiger partial charge in [0.1, 0.15) is 0 Å². The van der Waals surface area contributed by atoms with Crippen LogP contribution in [-0.4, -0.2) is 65.8 Å². The Labute approximate surface area is 260 Å². The van der Waals surface area contributed by atoms with Crippen molar-refractivity contribution < 1.29 is 9.59 Å². The first-order valence-electron chi connectivity index (χ1n) is 15.6. The predicted octanol–water partition coefficient (Wildman–Crippen LogP) is 6.90. The zero-order valence-corrected chi connectivity index (χ0v) is 26.6. The number of nitrogens with zero attached hydrogens (tertiary/aromatic N) is 3. The van der Waals surface area contributed by atoms with Crippen molar-refractivity contribution >= 4 is 40.2 Å². The summed E-state index contributed by atoms with van der Waals surface area (Å²) in [5.74, 6) is 1.82. The Bertz CT molecular complexity index is 1160. The second kappa shape index (κ2) is 13.6. The second-order valence-electron chi connectivity index (χ2n) is 12.9. The smallest absolute Gasteiger partial charge is 0.229 e. The molecule has 2 atom stereocenters. The molecule has 0 bridgehead atoms. The van der Waals surface area contributed by atoms with Crippen molar-refractivity contribution in [2.24, 2.45) is 17.3 Å². The molecular weight excluding hydrogens is 598 g/mol. The van der Waals surface area contributed by atoms with Gasteiger partial charge in [0.05, 0.1) is 5.41 Å². The van der Waals surface area contributed by atoms with E-state index in [9.17, 15) is 9.59 Å². The first kappa shape index (κ1) is 30.6. The summed E-state index contributed by atoms with van der Waals surface area (Å²) in [5.41, 5.74) is 2.39. The molecule has 2 aromatic rings. The number of hydrogen-bond donors (Lipinski definition) is 0. The fourth-order valence-electron chi connectivity index (χ4n) is 7.91. The quantitative estimate of drug-likeness (QED) is 0.322. The van der Waals surface area contributed by atoms with Gasteiger partial charge in [0.15, 0.2) is 0 Å². The summed E-state index contributed by atoms with van der Waals surface area (Å²) in [6, 6.07) is 19.2. The lowest BCUT2D eigenvalue weighted by Crippen LogP contribution is -2.46. The zero-order chi connectivity index (χ0) is 27.5. The van der Waals surface area contributed by atoms with Crippen molar-refractivity contribution in [3.8, 4) is 0 Å². The van der Waals surface area contributed by atoms with E-state index in [0.29, 0.717) is 30.2 Å². The van der Waals surface area contributed by atoms with Gasteiger partial charge >= 0.3 is 0 Å². The largest absolute Gasteiger partial charge is 0.341 e. The summed E-state index contributed by atoms with van der Waals surface area (Å²) >= 11 is 3.51. The van der Waals surface area contributed by atoms with E-state index in [4.69, 9.17) is 0 Å². The Morgan fingerprint density at radius 2 is 1.51 bits per heavy atom. The average Bonchev–Trinajstić information content (AvgIpc) is 3.39. The van der Waals surface area contributed by atoms with Gasteiger partial charge in [-0.1, -0.05) is 84.1 Å². The molecule has 2 amide bonds. The molecule has 2 aromatic carbocycles. The Balaban J connectivity index is 0.00000337. The van der Waals surface area contributed by atoms with E-state index in [-0.39, 0.29) is 23.7 Å². The van der Waals surface area contributed by atoms with Crippen LogP contribution >= 0.6 is 28.3 Å². The maximum Gasteiger partial charge on any atom is 0.229 e. The normalized spacial score (nSPS) is 25.3. The van der Waals surface area contributed by atoms with Gasteiger partial charge in [0.2, 0.25) is 11.8 Å². The van der Waals surface area contributed by atoms with Crippen LogP contribution in [0.4, 0.5) is 0 Å². The van der Waals surface area contributed by atoms with E-state index in [1.54, 1.807) is 0 Å². The van der Waals surface area contributed by atoms with Gasteiger partial charge in [0, 0.05) is 49.0 Å². The molecule has 1 aliphatic carbocycles. The summed E-state index contributed by atoms with van der Waals surface area (Å²) in [6.45, 7) is 6.27. The summed E-state index contributed by atoms with van der Waals surface area (Å²) < 4.78 is 1.07. The summed E-state index contributed by atoms with van der Waals surface area (Å²) in [5, 5.41) is 0. The molecule has 2 unspecified atom stereocenters.